The lowest BCUT2D eigenvalue weighted by atomic mass is 10.1. The number of urea groups is 1. The number of benzene rings is 1. The maximum atomic E-state index is 13.1. The highest BCUT2D eigenvalue weighted by Gasteiger charge is 2.30. The molecule has 108 valence electrons. The number of carboxylic acid groups (broad SMARTS) is 1. The maximum Gasteiger partial charge on any atom is 0.317 e. The predicted molar refractivity (Wildman–Crippen MR) is 67.6 cm³/mol. The third-order valence-electron chi connectivity index (χ3n) is 3.28. The lowest BCUT2D eigenvalue weighted by Gasteiger charge is -2.16. The third-order valence-corrected chi connectivity index (χ3v) is 3.28. The van der Waals surface area contributed by atoms with Gasteiger partial charge in [0.25, 0.3) is 0 Å². The Morgan fingerprint density at radius 3 is 2.80 bits per heavy atom. The topological polar surface area (TPSA) is 89.9 Å². The van der Waals surface area contributed by atoms with E-state index >= 15 is 0 Å². The Kier molecular flexibility index (Phi) is 4.07. The van der Waals surface area contributed by atoms with Crippen LogP contribution in [0.3, 0.4) is 0 Å². The molecule has 1 fully saturated rings. The Morgan fingerprint density at radius 2 is 2.20 bits per heavy atom. The van der Waals surface area contributed by atoms with Crippen molar-refractivity contribution in [1.29, 1.82) is 0 Å². The molecule has 0 aromatic heterocycles. The van der Waals surface area contributed by atoms with Gasteiger partial charge in [-0.25, -0.2) is 9.18 Å². The van der Waals surface area contributed by atoms with Crippen LogP contribution < -0.4 is 5.32 Å². The zero-order valence-electron chi connectivity index (χ0n) is 10.7. The summed E-state index contributed by atoms with van der Waals surface area (Å²) in [4.78, 5) is 24.0. The molecule has 1 aliphatic heterocycles. The summed E-state index contributed by atoms with van der Waals surface area (Å²) in [6.07, 6.45) is 0.441. The van der Waals surface area contributed by atoms with E-state index in [1.54, 1.807) is 0 Å². The minimum absolute atomic E-state index is 0.115. The average molecular weight is 282 g/mol. The maximum absolute atomic E-state index is 13.1. The molecule has 0 radical (unpaired) electrons. The summed E-state index contributed by atoms with van der Waals surface area (Å²) in [6.45, 7) is 0.697. The van der Waals surface area contributed by atoms with Gasteiger partial charge in [-0.15, -0.1) is 0 Å². The predicted octanol–water partition coefficient (Wildman–Crippen LogP) is 1.15. The van der Waals surface area contributed by atoms with Gasteiger partial charge >= 0.3 is 12.0 Å². The standard InChI is InChI=1S/C13H15FN2O4/c14-10-5-8(1-2-11(10)17)6-15-13(20)16-4-3-9(7-16)12(18)19/h1-2,5,9,17H,3-4,6-7H2,(H,15,20)(H,18,19). The van der Waals surface area contributed by atoms with Crippen molar-refractivity contribution in [2.75, 3.05) is 13.1 Å². The van der Waals surface area contributed by atoms with Crippen molar-refractivity contribution in [1.82, 2.24) is 10.2 Å². The van der Waals surface area contributed by atoms with Crippen molar-refractivity contribution in [3.8, 4) is 5.75 Å². The van der Waals surface area contributed by atoms with E-state index < -0.39 is 23.5 Å². The summed E-state index contributed by atoms with van der Waals surface area (Å²) in [5.74, 6) is -2.61. The number of likely N-dealkylation sites (tertiary alicyclic amines) is 1. The van der Waals surface area contributed by atoms with Crippen LogP contribution in [0.1, 0.15) is 12.0 Å². The molecule has 1 unspecified atom stereocenters. The van der Waals surface area contributed by atoms with Gasteiger partial charge in [0.1, 0.15) is 0 Å². The molecule has 0 saturated carbocycles. The van der Waals surface area contributed by atoms with Crippen LogP contribution in [0, 0.1) is 11.7 Å². The highest BCUT2D eigenvalue weighted by Crippen LogP contribution is 2.17. The first-order valence-electron chi connectivity index (χ1n) is 6.20. The van der Waals surface area contributed by atoms with Crippen LogP contribution in [-0.4, -0.2) is 40.2 Å². The fourth-order valence-corrected chi connectivity index (χ4v) is 2.10. The average Bonchev–Trinajstić information content (AvgIpc) is 2.89. The molecule has 1 heterocycles. The molecule has 0 aliphatic carbocycles. The molecule has 1 aliphatic rings. The summed E-state index contributed by atoms with van der Waals surface area (Å²) in [5, 5.41) is 20.5. The number of halogens is 1. The molecule has 0 bridgehead atoms. The first-order valence-corrected chi connectivity index (χ1v) is 6.20. The molecule has 2 amide bonds. The number of carbonyl (C=O) groups is 2. The fraction of sp³-hybridized carbons (Fsp3) is 0.385. The van der Waals surface area contributed by atoms with Crippen LogP contribution in [0.2, 0.25) is 0 Å². The zero-order valence-corrected chi connectivity index (χ0v) is 10.7. The first kappa shape index (κ1) is 14.1. The van der Waals surface area contributed by atoms with Gasteiger partial charge in [0.15, 0.2) is 11.6 Å². The van der Waals surface area contributed by atoms with Gasteiger partial charge in [-0.1, -0.05) is 6.07 Å². The minimum Gasteiger partial charge on any atom is -0.505 e. The number of nitrogens with zero attached hydrogens (tertiary/aromatic N) is 1. The Hall–Kier alpha value is -2.31. The van der Waals surface area contributed by atoms with Crippen molar-refractivity contribution in [3.05, 3.63) is 29.6 Å². The number of carboxylic acids is 1. The van der Waals surface area contributed by atoms with E-state index in [4.69, 9.17) is 10.2 Å². The van der Waals surface area contributed by atoms with E-state index in [1.807, 2.05) is 0 Å². The summed E-state index contributed by atoms with van der Waals surface area (Å²) in [6, 6.07) is 3.48. The van der Waals surface area contributed by atoms with E-state index in [2.05, 4.69) is 5.32 Å². The van der Waals surface area contributed by atoms with Crippen LogP contribution in [0.15, 0.2) is 18.2 Å². The molecule has 2 rings (SSSR count). The highest BCUT2D eigenvalue weighted by atomic mass is 19.1. The minimum atomic E-state index is -0.902. The summed E-state index contributed by atoms with van der Waals surface area (Å²) in [5.41, 5.74) is 0.516. The second kappa shape index (κ2) is 5.77. The van der Waals surface area contributed by atoms with Crippen molar-refractivity contribution in [3.63, 3.8) is 0 Å². The number of nitrogens with one attached hydrogen (secondary N) is 1. The van der Waals surface area contributed by atoms with Gasteiger partial charge in [0, 0.05) is 19.6 Å². The van der Waals surface area contributed by atoms with E-state index in [-0.39, 0.29) is 19.1 Å². The van der Waals surface area contributed by atoms with Gasteiger partial charge in [-0.3, -0.25) is 4.79 Å². The van der Waals surface area contributed by atoms with Crippen LogP contribution in [0.4, 0.5) is 9.18 Å². The number of carbonyl (C=O) groups excluding carboxylic acids is 1. The number of phenolic OH excluding ortho intramolecular Hbond substituents is 1. The Morgan fingerprint density at radius 1 is 1.45 bits per heavy atom. The van der Waals surface area contributed by atoms with Gasteiger partial charge in [0.2, 0.25) is 0 Å². The summed E-state index contributed by atoms with van der Waals surface area (Å²) in [7, 11) is 0. The quantitative estimate of drug-likeness (QED) is 0.775. The van der Waals surface area contributed by atoms with Crippen molar-refractivity contribution in [2.45, 2.75) is 13.0 Å². The molecule has 1 aromatic carbocycles. The van der Waals surface area contributed by atoms with Gasteiger partial charge in [0.05, 0.1) is 5.92 Å². The Bertz CT molecular complexity index is 535. The van der Waals surface area contributed by atoms with E-state index in [0.29, 0.717) is 18.5 Å². The number of rotatable bonds is 3. The fourth-order valence-electron chi connectivity index (χ4n) is 2.10. The molecule has 7 heteroatoms. The van der Waals surface area contributed by atoms with Gasteiger partial charge in [-0.05, 0) is 24.1 Å². The molecule has 1 atom stereocenters. The number of hydrogen-bond donors (Lipinski definition) is 3. The summed E-state index contributed by atoms with van der Waals surface area (Å²) < 4.78 is 13.1. The van der Waals surface area contributed by atoms with Gasteiger partial charge < -0.3 is 20.4 Å². The molecule has 0 spiro atoms. The second-order valence-corrected chi connectivity index (χ2v) is 4.71. The molecular formula is C13H15FN2O4. The summed E-state index contributed by atoms with van der Waals surface area (Å²) >= 11 is 0. The second-order valence-electron chi connectivity index (χ2n) is 4.71. The number of phenols is 1. The normalized spacial score (nSPS) is 18.1. The monoisotopic (exact) mass is 282 g/mol. The van der Waals surface area contributed by atoms with Crippen LogP contribution in [0.5, 0.6) is 5.75 Å². The van der Waals surface area contributed by atoms with Crippen LogP contribution in [0.25, 0.3) is 0 Å². The zero-order chi connectivity index (χ0) is 14.7. The van der Waals surface area contributed by atoms with Crippen LogP contribution >= 0.6 is 0 Å². The Labute approximate surface area is 114 Å². The highest BCUT2D eigenvalue weighted by molar-refractivity contribution is 5.77. The lowest BCUT2D eigenvalue weighted by molar-refractivity contribution is -0.141. The largest absolute Gasteiger partial charge is 0.505 e. The number of hydrogen-bond acceptors (Lipinski definition) is 3. The number of aliphatic carboxylic acids is 1. The molecule has 6 nitrogen and oxygen atoms in total. The van der Waals surface area contributed by atoms with Gasteiger partial charge in [-0.2, -0.15) is 0 Å². The van der Waals surface area contributed by atoms with E-state index in [1.165, 1.54) is 17.0 Å². The van der Waals surface area contributed by atoms with E-state index in [0.717, 1.165) is 6.07 Å². The molecule has 3 N–H and O–H groups in total. The van der Waals surface area contributed by atoms with Crippen molar-refractivity contribution in [2.24, 2.45) is 5.92 Å². The molecular weight excluding hydrogens is 267 g/mol. The molecule has 1 aromatic rings. The lowest BCUT2D eigenvalue weighted by Crippen LogP contribution is -2.38. The first-order chi connectivity index (χ1) is 9.47. The Balaban J connectivity index is 1.86. The van der Waals surface area contributed by atoms with Crippen molar-refractivity contribution >= 4 is 12.0 Å². The molecule has 20 heavy (non-hydrogen) atoms. The number of amides is 2. The van der Waals surface area contributed by atoms with E-state index in [9.17, 15) is 14.0 Å². The molecule has 1 saturated heterocycles. The third kappa shape index (κ3) is 3.17. The number of aromatic hydroxyl groups is 1. The smallest absolute Gasteiger partial charge is 0.317 e. The SMILES string of the molecule is O=C(O)C1CCN(C(=O)NCc2ccc(O)c(F)c2)C1. The van der Waals surface area contributed by atoms with Crippen LogP contribution in [-0.2, 0) is 11.3 Å². The van der Waals surface area contributed by atoms with Crippen molar-refractivity contribution < 1.29 is 24.2 Å².